The third-order valence-corrected chi connectivity index (χ3v) is 8.07. The van der Waals surface area contributed by atoms with E-state index in [4.69, 9.17) is 0 Å². The van der Waals surface area contributed by atoms with Crippen LogP contribution >= 0.6 is 0 Å². The molecule has 4 aliphatic rings. The SMILES string of the molecule is CC(C)[C@H](NC(=O)C1CC1)C(=O)N1CC[C@H](C(C)C)[C@H]1C(=O)NC(CC1CC1)C(=O)C(=O)NC1CC1. The number of ketones is 1. The molecule has 9 heteroatoms. The maximum atomic E-state index is 13.7. The smallest absolute Gasteiger partial charge is 0.289 e. The van der Waals surface area contributed by atoms with Crippen molar-refractivity contribution in [3.63, 3.8) is 0 Å². The second kappa shape index (κ2) is 10.9. The molecule has 3 saturated carbocycles. The number of likely N-dealkylation sites (tertiary alicyclic amines) is 1. The highest BCUT2D eigenvalue weighted by Gasteiger charge is 2.47. The normalized spacial score (nSPS) is 25.4. The number of rotatable bonds is 12. The minimum atomic E-state index is -0.885. The van der Waals surface area contributed by atoms with Gasteiger partial charge in [-0.05, 0) is 62.2 Å². The molecule has 0 aromatic carbocycles. The van der Waals surface area contributed by atoms with E-state index in [1.165, 1.54) is 0 Å². The van der Waals surface area contributed by atoms with Crippen LogP contribution in [0.15, 0.2) is 0 Å². The highest BCUT2D eigenvalue weighted by atomic mass is 16.2. The fraction of sp³-hybridized carbons (Fsp3) is 0.815. The van der Waals surface area contributed by atoms with Crippen molar-refractivity contribution in [2.24, 2.45) is 29.6 Å². The lowest BCUT2D eigenvalue weighted by molar-refractivity contribution is -0.145. The van der Waals surface area contributed by atoms with E-state index in [0.717, 1.165) is 38.5 Å². The van der Waals surface area contributed by atoms with Crippen LogP contribution in [0.3, 0.4) is 0 Å². The van der Waals surface area contributed by atoms with Crippen LogP contribution in [0.1, 0.15) is 79.1 Å². The van der Waals surface area contributed by atoms with Gasteiger partial charge in [0.25, 0.3) is 5.91 Å². The van der Waals surface area contributed by atoms with E-state index in [1.807, 2.05) is 27.7 Å². The van der Waals surface area contributed by atoms with Gasteiger partial charge >= 0.3 is 0 Å². The molecule has 3 aliphatic carbocycles. The van der Waals surface area contributed by atoms with Crippen LogP contribution in [0.4, 0.5) is 0 Å². The van der Waals surface area contributed by atoms with Crippen molar-refractivity contribution >= 4 is 29.4 Å². The Morgan fingerprint density at radius 3 is 2.03 bits per heavy atom. The molecule has 4 fully saturated rings. The predicted octanol–water partition coefficient (Wildman–Crippen LogP) is 1.54. The van der Waals surface area contributed by atoms with Crippen LogP contribution in [-0.2, 0) is 24.0 Å². The van der Waals surface area contributed by atoms with E-state index in [-0.39, 0.29) is 47.4 Å². The topological polar surface area (TPSA) is 125 Å². The molecule has 1 heterocycles. The zero-order valence-corrected chi connectivity index (χ0v) is 22.0. The third kappa shape index (κ3) is 6.45. The van der Waals surface area contributed by atoms with Gasteiger partial charge in [0, 0.05) is 18.5 Å². The van der Waals surface area contributed by atoms with E-state index in [2.05, 4.69) is 16.0 Å². The van der Waals surface area contributed by atoms with Crippen molar-refractivity contribution < 1.29 is 24.0 Å². The van der Waals surface area contributed by atoms with Gasteiger partial charge < -0.3 is 20.9 Å². The summed E-state index contributed by atoms with van der Waals surface area (Å²) in [7, 11) is 0. The number of hydrogen-bond acceptors (Lipinski definition) is 5. The molecule has 0 aromatic heterocycles. The Morgan fingerprint density at radius 2 is 1.50 bits per heavy atom. The molecule has 3 N–H and O–H groups in total. The Labute approximate surface area is 213 Å². The highest BCUT2D eigenvalue weighted by molar-refractivity contribution is 6.38. The number of hydrogen-bond donors (Lipinski definition) is 3. The molecule has 0 spiro atoms. The van der Waals surface area contributed by atoms with Crippen LogP contribution in [0.5, 0.6) is 0 Å². The number of carbonyl (C=O) groups is 5. The maximum absolute atomic E-state index is 13.7. The van der Waals surface area contributed by atoms with Gasteiger partial charge in [-0.15, -0.1) is 0 Å². The predicted molar refractivity (Wildman–Crippen MR) is 133 cm³/mol. The molecule has 1 aliphatic heterocycles. The quantitative estimate of drug-likeness (QED) is 0.349. The standard InChI is InChI=1S/C27H42N4O5/c1-14(2)19-11-12-31(27(36)21(15(3)4)30-24(33)17-7-8-17)22(19)25(34)29-20(13-16-5-6-16)23(32)26(35)28-18-9-10-18/h14-22H,5-13H2,1-4H3,(H,28,35)(H,29,34)(H,30,33)/t19-,20?,21+,22+/m1/s1. The average Bonchev–Trinajstić information content (AvgIpc) is 3.67. The van der Waals surface area contributed by atoms with Crippen molar-refractivity contribution in [3.05, 3.63) is 0 Å². The summed E-state index contributed by atoms with van der Waals surface area (Å²) in [5, 5.41) is 8.54. The van der Waals surface area contributed by atoms with Crippen molar-refractivity contribution in [2.75, 3.05) is 6.54 Å². The van der Waals surface area contributed by atoms with Crippen LogP contribution in [0, 0.1) is 29.6 Å². The van der Waals surface area contributed by atoms with Gasteiger partial charge in [-0.3, -0.25) is 24.0 Å². The van der Waals surface area contributed by atoms with Gasteiger partial charge in [-0.25, -0.2) is 0 Å². The van der Waals surface area contributed by atoms with Gasteiger partial charge in [0.15, 0.2) is 0 Å². The van der Waals surface area contributed by atoms with Crippen molar-refractivity contribution in [3.8, 4) is 0 Å². The summed E-state index contributed by atoms with van der Waals surface area (Å²) in [6.07, 6.45) is 6.55. The molecular weight excluding hydrogens is 460 g/mol. The minimum Gasteiger partial charge on any atom is -0.347 e. The van der Waals surface area contributed by atoms with E-state index >= 15 is 0 Å². The molecule has 1 unspecified atom stereocenters. The second-order valence-corrected chi connectivity index (χ2v) is 12.0. The van der Waals surface area contributed by atoms with Crippen LogP contribution < -0.4 is 16.0 Å². The van der Waals surface area contributed by atoms with Crippen LogP contribution in [0.25, 0.3) is 0 Å². The number of nitrogens with one attached hydrogen (secondary N) is 3. The highest BCUT2D eigenvalue weighted by Crippen LogP contribution is 2.35. The third-order valence-electron chi connectivity index (χ3n) is 8.07. The summed E-state index contributed by atoms with van der Waals surface area (Å²) in [4.78, 5) is 66.9. The van der Waals surface area contributed by atoms with Crippen molar-refractivity contribution in [2.45, 2.75) is 103 Å². The molecule has 9 nitrogen and oxygen atoms in total. The Kier molecular flexibility index (Phi) is 8.05. The molecule has 0 radical (unpaired) electrons. The lowest BCUT2D eigenvalue weighted by Gasteiger charge is -2.34. The van der Waals surface area contributed by atoms with E-state index < -0.39 is 29.8 Å². The van der Waals surface area contributed by atoms with Crippen LogP contribution in [-0.4, -0.2) is 65.0 Å². The first-order valence-corrected chi connectivity index (χ1v) is 13.8. The van der Waals surface area contributed by atoms with E-state index in [0.29, 0.717) is 25.3 Å². The number of Topliss-reactive ketones (excluding diaryl/α,β-unsaturated/α-hetero) is 1. The molecule has 4 amide bonds. The lowest BCUT2D eigenvalue weighted by Crippen LogP contribution is -2.59. The van der Waals surface area contributed by atoms with Crippen molar-refractivity contribution in [1.29, 1.82) is 0 Å². The Morgan fingerprint density at radius 1 is 0.833 bits per heavy atom. The Hall–Kier alpha value is -2.45. The molecule has 0 aromatic rings. The van der Waals surface area contributed by atoms with E-state index in [9.17, 15) is 24.0 Å². The summed E-state index contributed by atoms with van der Waals surface area (Å²) in [6.45, 7) is 8.27. The fourth-order valence-corrected chi connectivity index (χ4v) is 5.22. The van der Waals surface area contributed by atoms with Crippen LogP contribution in [0.2, 0.25) is 0 Å². The maximum Gasteiger partial charge on any atom is 0.289 e. The first-order chi connectivity index (χ1) is 17.1. The second-order valence-electron chi connectivity index (χ2n) is 12.0. The summed E-state index contributed by atoms with van der Waals surface area (Å²) in [5.74, 6) is -1.70. The van der Waals surface area contributed by atoms with Gasteiger partial charge in [0.05, 0.1) is 6.04 Å². The summed E-state index contributed by atoms with van der Waals surface area (Å²) < 4.78 is 0. The molecule has 36 heavy (non-hydrogen) atoms. The monoisotopic (exact) mass is 502 g/mol. The first kappa shape index (κ1) is 26.6. The largest absolute Gasteiger partial charge is 0.347 e. The molecule has 200 valence electrons. The molecule has 4 atom stereocenters. The average molecular weight is 503 g/mol. The minimum absolute atomic E-state index is 0.0175. The van der Waals surface area contributed by atoms with E-state index in [1.54, 1.807) is 4.90 Å². The molecule has 0 bridgehead atoms. The zero-order chi connectivity index (χ0) is 26.1. The van der Waals surface area contributed by atoms with Gasteiger partial charge in [-0.2, -0.15) is 0 Å². The molecular formula is C27H42N4O5. The first-order valence-electron chi connectivity index (χ1n) is 13.8. The van der Waals surface area contributed by atoms with Crippen molar-refractivity contribution in [1.82, 2.24) is 20.9 Å². The summed E-state index contributed by atoms with van der Waals surface area (Å²) in [5.41, 5.74) is 0. The number of carbonyl (C=O) groups excluding carboxylic acids is 5. The van der Waals surface area contributed by atoms with Gasteiger partial charge in [0.2, 0.25) is 23.5 Å². The lowest BCUT2D eigenvalue weighted by atomic mass is 9.87. The fourth-order valence-electron chi connectivity index (χ4n) is 5.22. The Balaban J connectivity index is 1.49. The number of nitrogens with zero attached hydrogens (tertiary/aromatic N) is 1. The molecule has 1 saturated heterocycles. The summed E-state index contributed by atoms with van der Waals surface area (Å²) >= 11 is 0. The Bertz CT molecular complexity index is 891. The molecule has 4 rings (SSSR count). The van der Waals surface area contributed by atoms with Gasteiger partial charge in [-0.1, -0.05) is 40.5 Å². The number of amides is 4. The van der Waals surface area contributed by atoms with Gasteiger partial charge in [0.1, 0.15) is 12.1 Å². The summed E-state index contributed by atoms with van der Waals surface area (Å²) in [6, 6.07) is -2.26. The zero-order valence-electron chi connectivity index (χ0n) is 22.0.